The number of hydrogen-bond donors (Lipinski definition) is 0. The average Bonchev–Trinajstić information content (AvgIpc) is 2.95. The van der Waals surface area contributed by atoms with Crippen molar-refractivity contribution in [2.75, 3.05) is 0 Å². The van der Waals surface area contributed by atoms with Crippen LogP contribution in [0.25, 0.3) is 0 Å². The summed E-state index contributed by atoms with van der Waals surface area (Å²) >= 11 is 0. The first-order valence-electron chi connectivity index (χ1n) is 17.3. The summed E-state index contributed by atoms with van der Waals surface area (Å²) in [6.45, 7) is 16.6. The molecule has 0 saturated heterocycles. The summed E-state index contributed by atoms with van der Waals surface area (Å²) in [4.78, 5) is 0. The lowest BCUT2D eigenvalue weighted by atomic mass is 9.79. The predicted molar refractivity (Wildman–Crippen MR) is 177 cm³/mol. The van der Waals surface area contributed by atoms with Gasteiger partial charge in [0.25, 0.3) is 0 Å². The van der Waals surface area contributed by atoms with Gasteiger partial charge in [0.1, 0.15) is 0 Å². The Bertz CT molecular complexity index is 875. The van der Waals surface area contributed by atoms with Crippen molar-refractivity contribution in [3.8, 4) is 0 Å². The highest BCUT2D eigenvalue weighted by Gasteiger charge is 2.20. The molecule has 0 nitrogen and oxygen atoms in total. The molecule has 0 bridgehead atoms. The SMILES string of the molecule is CCCCc1cc(CCCC)c(CC(C)c2c(CCCC)cc(CCCC)cc2CCCC)c(CCCC)c1. The maximum Gasteiger partial charge on any atom is -0.0144 e. The zero-order chi connectivity index (χ0) is 28.5. The molecule has 0 radical (unpaired) electrons. The van der Waals surface area contributed by atoms with Crippen molar-refractivity contribution in [1.82, 2.24) is 0 Å². The average molecular weight is 533 g/mol. The van der Waals surface area contributed by atoms with Gasteiger partial charge in [0, 0.05) is 0 Å². The van der Waals surface area contributed by atoms with Crippen LogP contribution in [-0.4, -0.2) is 0 Å². The maximum atomic E-state index is 2.62. The highest BCUT2D eigenvalue weighted by atomic mass is 14.3. The Morgan fingerprint density at radius 2 is 0.744 bits per heavy atom. The minimum absolute atomic E-state index is 0.575. The fraction of sp³-hybridized carbons (Fsp3) is 0.692. The molecule has 0 aliphatic carbocycles. The molecule has 1 unspecified atom stereocenters. The van der Waals surface area contributed by atoms with Gasteiger partial charge in [-0.05, 0) is 134 Å². The lowest BCUT2D eigenvalue weighted by molar-refractivity contribution is 0.680. The van der Waals surface area contributed by atoms with Crippen LogP contribution in [0.15, 0.2) is 24.3 Å². The molecule has 0 aliphatic heterocycles. The van der Waals surface area contributed by atoms with Gasteiger partial charge in [-0.3, -0.25) is 0 Å². The van der Waals surface area contributed by atoms with Crippen LogP contribution in [0.5, 0.6) is 0 Å². The molecule has 0 spiro atoms. The molecule has 39 heavy (non-hydrogen) atoms. The first-order valence-corrected chi connectivity index (χ1v) is 17.3. The van der Waals surface area contributed by atoms with E-state index >= 15 is 0 Å². The number of unbranched alkanes of at least 4 members (excludes halogenated alkanes) is 6. The molecule has 0 aromatic heterocycles. The predicted octanol–water partition coefficient (Wildman–Crippen LogP) is 12.1. The van der Waals surface area contributed by atoms with Crippen molar-refractivity contribution < 1.29 is 0 Å². The van der Waals surface area contributed by atoms with Gasteiger partial charge >= 0.3 is 0 Å². The third kappa shape index (κ3) is 11.1. The van der Waals surface area contributed by atoms with Crippen molar-refractivity contribution in [1.29, 1.82) is 0 Å². The van der Waals surface area contributed by atoms with E-state index in [4.69, 9.17) is 0 Å². The van der Waals surface area contributed by atoms with Gasteiger partial charge in [0.15, 0.2) is 0 Å². The second kappa shape index (κ2) is 19.5. The Morgan fingerprint density at radius 1 is 0.436 bits per heavy atom. The fourth-order valence-corrected chi connectivity index (χ4v) is 6.40. The minimum atomic E-state index is 0.575. The Hall–Kier alpha value is -1.56. The summed E-state index contributed by atoms with van der Waals surface area (Å²) in [5.74, 6) is 0.575. The second-order valence-corrected chi connectivity index (χ2v) is 12.4. The van der Waals surface area contributed by atoms with E-state index in [1.165, 1.54) is 122 Å². The van der Waals surface area contributed by atoms with Gasteiger partial charge in [0.2, 0.25) is 0 Å². The molecule has 0 aliphatic rings. The molecule has 0 heterocycles. The Balaban J connectivity index is 2.59. The molecule has 220 valence electrons. The van der Waals surface area contributed by atoms with Crippen LogP contribution in [0.1, 0.15) is 176 Å². The normalized spacial score (nSPS) is 12.3. The smallest absolute Gasteiger partial charge is 0.0144 e. The van der Waals surface area contributed by atoms with E-state index in [9.17, 15) is 0 Å². The van der Waals surface area contributed by atoms with Crippen LogP contribution in [0.3, 0.4) is 0 Å². The third-order valence-corrected chi connectivity index (χ3v) is 8.75. The first-order chi connectivity index (χ1) is 19.0. The molecule has 0 amide bonds. The fourth-order valence-electron chi connectivity index (χ4n) is 6.40. The summed E-state index contributed by atoms with van der Waals surface area (Å²) in [6.07, 6.45) is 24.2. The molecule has 1 atom stereocenters. The van der Waals surface area contributed by atoms with Crippen molar-refractivity contribution in [3.05, 3.63) is 68.8 Å². The summed E-state index contributed by atoms with van der Waals surface area (Å²) in [5.41, 5.74) is 13.3. The summed E-state index contributed by atoms with van der Waals surface area (Å²) in [5, 5.41) is 0. The van der Waals surface area contributed by atoms with Crippen LogP contribution in [0.4, 0.5) is 0 Å². The van der Waals surface area contributed by atoms with E-state index in [-0.39, 0.29) is 0 Å². The third-order valence-electron chi connectivity index (χ3n) is 8.75. The molecular weight excluding hydrogens is 468 g/mol. The van der Waals surface area contributed by atoms with Gasteiger partial charge in [0.05, 0.1) is 0 Å². The number of hydrogen-bond acceptors (Lipinski definition) is 0. The number of rotatable bonds is 21. The molecular formula is C39H64. The zero-order valence-electron chi connectivity index (χ0n) is 27.3. The largest absolute Gasteiger partial charge is 0.0654 e. The second-order valence-electron chi connectivity index (χ2n) is 12.4. The van der Waals surface area contributed by atoms with E-state index in [0.717, 1.165) is 0 Å². The Morgan fingerprint density at radius 3 is 1.10 bits per heavy atom. The van der Waals surface area contributed by atoms with Crippen molar-refractivity contribution >= 4 is 0 Å². The molecule has 2 aromatic carbocycles. The van der Waals surface area contributed by atoms with Crippen LogP contribution in [0, 0.1) is 0 Å². The minimum Gasteiger partial charge on any atom is -0.0654 e. The molecule has 0 heteroatoms. The van der Waals surface area contributed by atoms with Gasteiger partial charge in [-0.25, -0.2) is 0 Å². The van der Waals surface area contributed by atoms with Gasteiger partial charge in [-0.2, -0.15) is 0 Å². The molecule has 2 aromatic rings. The highest BCUT2D eigenvalue weighted by molar-refractivity contribution is 5.46. The maximum absolute atomic E-state index is 2.62. The quantitative estimate of drug-likeness (QED) is 0.150. The number of benzene rings is 2. The van der Waals surface area contributed by atoms with Gasteiger partial charge < -0.3 is 0 Å². The molecule has 0 fully saturated rings. The molecule has 0 saturated carbocycles. The Labute approximate surface area is 244 Å². The van der Waals surface area contributed by atoms with Crippen molar-refractivity contribution in [2.24, 2.45) is 0 Å². The van der Waals surface area contributed by atoms with E-state index in [0.29, 0.717) is 5.92 Å². The Kier molecular flexibility index (Phi) is 16.8. The van der Waals surface area contributed by atoms with Crippen LogP contribution in [0.2, 0.25) is 0 Å². The van der Waals surface area contributed by atoms with E-state index in [1.54, 1.807) is 44.5 Å². The number of aryl methyl sites for hydroxylation is 6. The van der Waals surface area contributed by atoms with Crippen molar-refractivity contribution in [3.63, 3.8) is 0 Å². The van der Waals surface area contributed by atoms with Crippen LogP contribution < -0.4 is 0 Å². The first kappa shape index (κ1) is 33.6. The lowest BCUT2D eigenvalue weighted by Crippen LogP contribution is -2.12. The topological polar surface area (TPSA) is 0 Å². The van der Waals surface area contributed by atoms with Crippen LogP contribution >= 0.6 is 0 Å². The summed E-state index contributed by atoms with van der Waals surface area (Å²) in [6, 6.07) is 10.5. The highest BCUT2D eigenvalue weighted by Crippen LogP contribution is 2.34. The standard InChI is InChI=1S/C39H64/c1-8-14-20-32-27-34(22-16-10-3)38(35(28-32)23-17-11-4)26-31(7)39-36(24-18-12-5)29-33(21-15-9-2)30-37(39)25-19-13-6/h27-31H,8-26H2,1-7H3. The molecule has 2 rings (SSSR count). The summed E-state index contributed by atoms with van der Waals surface area (Å²) < 4.78 is 0. The lowest BCUT2D eigenvalue weighted by Gasteiger charge is -2.26. The summed E-state index contributed by atoms with van der Waals surface area (Å²) in [7, 11) is 0. The van der Waals surface area contributed by atoms with E-state index in [1.807, 2.05) is 0 Å². The van der Waals surface area contributed by atoms with Crippen LogP contribution in [-0.2, 0) is 44.9 Å². The van der Waals surface area contributed by atoms with Crippen molar-refractivity contribution in [2.45, 2.75) is 176 Å². The van der Waals surface area contributed by atoms with E-state index < -0.39 is 0 Å². The van der Waals surface area contributed by atoms with Gasteiger partial charge in [-0.1, -0.05) is 111 Å². The van der Waals surface area contributed by atoms with E-state index in [2.05, 4.69) is 72.7 Å². The zero-order valence-corrected chi connectivity index (χ0v) is 27.3. The molecule has 0 N–H and O–H groups in total. The monoisotopic (exact) mass is 533 g/mol. The van der Waals surface area contributed by atoms with Gasteiger partial charge in [-0.15, -0.1) is 0 Å².